The van der Waals surface area contributed by atoms with Gasteiger partial charge in [0.25, 0.3) is 5.91 Å². The maximum Gasteiger partial charge on any atom is 0.262 e. The normalized spacial score (nSPS) is 16.4. The minimum atomic E-state index is -0.498. The summed E-state index contributed by atoms with van der Waals surface area (Å²) >= 11 is 0. The van der Waals surface area contributed by atoms with Gasteiger partial charge in [0.15, 0.2) is 11.5 Å². The largest absolute Gasteiger partial charge is 0.481 e. The van der Waals surface area contributed by atoms with Crippen LogP contribution in [0.2, 0.25) is 0 Å². The van der Waals surface area contributed by atoms with Gasteiger partial charge in [-0.15, -0.1) is 6.42 Å². The highest BCUT2D eigenvalue weighted by atomic mass is 16.7. The molecule has 2 heterocycles. The second-order valence-electron chi connectivity index (χ2n) is 6.84. The number of benzene rings is 3. The zero-order chi connectivity index (χ0) is 20.5. The molecule has 0 fully saturated rings. The van der Waals surface area contributed by atoms with Crippen LogP contribution in [0.25, 0.3) is 0 Å². The number of carbonyl (C=O) groups is 1. The Hall–Kier alpha value is -4.11. The molecule has 6 heteroatoms. The average Bonchev–Trinajstić information content (AvgIpc) is 3.26. The Morgan fingerprint density at radius 2 is 1.87 bits per heavy atom. The van der Waals surface area contributed by atoms with Gasteiger partial charge in [0.05, 0.1) is 11.3 Å². The summed E-state index contributed by atoms with van der Waals surface area (Å²) < 4.78 is 16.7. The quantitative estimate of drug-likeness (QED) is 0.668. The van der Waals surface area contributed by atoms with Crippen molar-refractivity contribution in [2.75, 3.05) is 23.6 Å². The molecular formula is C24H18N2O4. The third-order valence-electron chi connectivity index (χ3n) is 5.09. The predicted molar refractivity (Wildman–Crippen MR) is 113 cm³/mol. The number of nitrogens with zero attached hydrogens (tertiary/aromatic N) is 1. The van der Waals surface area contributed by atoms with E-state index in [1.54, 1.807) is 4.90 Å². The fraction of sp³-hybridized carbons (Fsp3) is 0.125. The van der Waals surface area contributed by atoms with Crippen molar-refractivity contribution in [1.82, 2.24) is 0 Å². The van der Waals surface area contributed by atoms with Crippen LogP contribution < -0.4 is 24.4 Å². The Balaban J connectivity index is 1.64. The van der Waals surface area contributed by atoms with Gasteiger partial charge in [-0.3, -0.25) is 9.69 Å². The second-order valence-corrected chi connectivity index (χ2v) is 6.84. The van der Waals surface area contributed by atoms with E-state index in [0.29, 0.717) is 28.5 Å². The van der Waals surface area contributed by atoms with Crippen molar-refractivity contribution in [1.29, 1.82) is 0 Å². The maximum absolute atomic E-state index is 13.6. The highest BCUT2D eigenvalue weighted by Crippen LogP contribution is 2.42. The van der Waals surface area contributed by atoms with E-state index in [-0.39, 0.29) is 19.3 Å². The van der Waals surface area contributed by atoms with Crippen LogP contribution in [0.5, 0.6) is 17.2 Å². The molecule has 1 N–H and O–H groups in total. The number of hydrogen-bond donors (Lipinski definition) is 1. The van der Waals surface area contributed by atoms with Crippen LogP contribution in [0.3, 0.4) is 0 Å². The summed E-state index contributed by atoms with van der Waals surface area (Å²) in [4.78, 5) is 15.3. The van der Waals surface area contributed by atoms with Crippen LogP contribution >= 0.6 is 0 Å². The van der Waals surface area contributed by atoms with Crippen molar-refractivity contribution in [3.05, 3.63) is 77.9 Å². The molecule has 0 radical (unpaired) electrons. The smallest absolute Gasteiger partial charge is 0.262 e. The number of fused-ring (bicyclic) bond motifs is 2. The van der Waals surface area contributed by atoms with Gasteiger partial charge in [-0.25, -0.2) is 0 Å². The molecule has 148 valence electrons. The Morgan fingerprint density at radius 1 is 1.07 bits per heavy atom. The standard InChI is InChI=1S/C24H18N2O4/c1-2-13-28-20-10-6-4-8-18(20)23-25-19-9-5-3-7-17(19)24(27)26(23)16-11-12-21-22(14-16)30-15-29-21/h1,3-12,14,23,25H,13,15H2. The molecule has 0 saturated carbocycles. The van der Waals surface area contributed by atoms with E-state index in [1.165, 1.54) is 0 Å². The molecule has 1 unspecified atom stereocenters. The number of ether oxygens (including phenoxy) is 3. The maximum atomic E-state index is 13.6. The summed E-state index contributed by atoms with van der Waals surface area (Å²) in [5, 5.41) is 3.48. The summed E-state index contributed by atoms with van der Waals surface area (Å²) in [6.07, 6.45) is 4.88. The van der Waals surface area contributed by atoms with Crippen LogP contribution in [0.15, 0.2) is 66.7 Å². The fourth-order valence-corrected chi connectivity index (χ4v) is 3.73. The average molecular weight is 398 g/mol. The van der Waals surface area contributed by atoms with Crippen molar-refractivity contribution in [2.45, 2.75) is 6.17 Å². The van der Waals surface area contributed by atoms with Crippen molar-refractivity contribution >= 4 is 17.3 Å². The number of para-hydroxylation sites is 2. The van der Waals surface area contributed by atoms with Crippen molar-refractivity contribution in [3.63, 3.8) is 0 Å². The Kier molecular flexibility index (Phi) is 4.41. The number of anilines is 2. The van der Waals surface area contributed by atoms with E-state index >= 15 is 0 Å². The first-order chi connectivity index (χ1) is 14.8. The molecule has 30 heavy (non-hydrogen) atoms. The van der Waals surface area contributed by atoms with E-state index in [4.69, 9.17) is 20.6 Å². The van der Waals surface area contributed by atoms with Crippen molar-refractivity contribution in [3.8, 4) is 29.6 Å². The van der Waals surface area contributed by atoms with Crippen LogP contribution in [0.4, 0.5) is 11.4 Å². The molecule has 0 aliphatic carbocycles. The summed E-state index contributed by atoms with van der Waals surface area (Å²) in [7, 11) is 0. The van der Waals surface area contributed by atoms with Crippen molar-refractivity contribution in [2.24, 2.45) is 0 Å². The molecular weight excluding hydrogens is 380 g/mol. The highest BCUT2D eigenvalue weighted by Gasteiger charge is 2.36. The first-order valence-electron chi connectivity index (χ1n) is 9.50. The number of carbonyl (C=O) groups excluding carboxylic acids is 1. The molecule has 2 aliphatic heterocycles. The second kappa shape index (κ2) is 7.37. The summed E-state index contributed by atoms with van der Waals surface area (Å²) in [5.41, 5.74) is 2.83. The zero-order valence-corrected chi connectivity index (χ0v) is 16.0. The monoisotopic (exact) mass is 398 g/mol. The molecule has 6 nitrogen and oxygen atoms in total. The summed E-state index contributed by atoms with van der Waals surface area (Å²) in [6, 6.07) is 20.5. The van der Waals surface area contributed by atoms with Gasteiger partial charge in [0.2, 0.25) is 6.79 Å². The first-order valence-corrected chi connectivity index (χ1v) is 9.50. The predicted octanol–water partition coefficient (Wildman–Crippen LogP) is 4.20. The highest BCUT2D eigenvalue weighted by molar-refractivity contribution is 6.12. The molecule has 0 saturated heterocycles. The molecule has 1 amide bonds. The molecule has 2 aliphatic rings. The SMILES string of the molecule is C#CCOc1ccccc1C1Nc2ccccc2C(=O)N1c1ccc2c(c1)OCO2. The number of amides is 1. The topological polar surface area (TPSA) is 60.0 Å². The fourth-order valence-electron chi connectivity index (χ4n) is 3.73. The number of rotatable bonds is 4. The summed E-state index contributed by atoms with van der Waals surface area (Å²) in [6.45, 7) is 0.304. The van der Waals surface area contributed by atoms with E-state index < -0.39 is 6.17 Å². The van der Waals surface area contributed by atoms with Gasteiger partial charge in [0.1, 0.15) is 18.5 Å². The Labute approximate surface area is 174 Å². The van der Waals surface area contributed by atoms with E-state index in [2.05, 4.69) is 11.2 Å². The number of hydrogen-bond acceptors (Lipinski definition) is 5. The van der Waals surface area contributed by atoms with Gasteiger partial charge >= 0.3 is 0 Å². The minimum Gasteiger partial charge on any atom is -0.481 e. The molecule has 0 aromatic heterocycles. The van der Waals surface area contributed by atoms with Gasteiger partial charge in [-0.05, 0) is 30.3 Å². The number of nitrogens with one attached hydrogen (secondary N) is 1. The minimum absolute atomic E-state index is 0.125. The lowest BCUT2D eigenvalue weighted by Crippen LogP contribution is -2.43. The molecule has 1 atom stereocenters. The van der Waals surface area contributed by atoms with Crippen LogP contribution in [0.1, 0.15) is 22.1 Å². The Morgan fingerprint density at radius 3 is 2.77 bits per heavy atom. The molecule has 0 spiro atoms. The first kappa shape index (κ1) is 18.0. The Bertz CT molecular complexity index is 1170. The van der Waals surface area contributed by atoms with Gasteiger partial charge in [-0.1, -0.05) is 36.3 Å². The molecule has 3 aromatic rings. The lowest BCUT2D eigenvalue weighted by atomic mass is 10.0. The van der Waals surface area contributed by atoms with Gasteiger partial charge < -0.3 is 19.5 Å². The van der Waals surface area contributed by atoms with Crippen molar-refractivity contribution < 1.29 is 19.0 Å². The van der Waals surface area contributed by atoms with Crippen LogP contribution in [-0.2, 0) is 0 Å². The molecule has 0 bridgehead atoms. The molecule has 3 aromatic carbocycles. The van der Waals surface area contributed by atoms with E-state index in [0.717, 1.165) is 11.3 Å². The molecule has 5 rings (SSSR count). The lowest BCUT2D eigenvalue weighted by Gasteiger charge is -2.38. The third kappa shape index (κ3) is 2.97. The van der Waals surface area contributed by atoms with Gasteiger partial charge in [-0.2, -0.15) is 0 Å². The van der Waals surface area contributed by atoms with Crippen LogP contribution in [0, 0.1) is 12.3 Å². The zero-order valence-electron chi connectivity index (χ0n) is 16.0. The number of terminal acetylenes is 1. The van der Waals surface area contributed by atoms with Crippen LogP contribution in [-0.4, -0.2) is 19.3 Å². The van der Waals surface area contributed by atoms with E-state index in [9.17, 15) is 4.79 Å². The van der Waals surface area contributed by atoms with E-state index in [1.807, 2.05) is 66.7 Å². The third-order valence-corrected chi connectivity index (χ3v) is 5.09. The van der Waals surface area contributed by atoms with Gasteiger partial charge in [0, 0.05) is 17.3 Å². The lowest BCUT2D eigenvalue weighted by molar-refractivity contribution is 0.0974. The summed E-state index contributed by atoms with van der Waals surface area (Å²) in [5.74, 6) is 4.24.